The monoisotopic (exact) mass is 323 g/mol. The Bertz CT molecular complexity index is 885. The van der Waals surface area contributed by atoms with Gasteiger partial charge in [-0.3, -0.25) is 9.69 Å². The summed E-state index contributed by atoms with van der Waals surface area (Å²) in [5.41, 5.74) is 0.673. The zero-order chi connectivity index (χ0) is 16.5. The minimum Gasteiger partial charge on any atom is -0.468 e. The smallest absolute Gasteiger partial charge is 0.258 e. The van der Waals surface area contributed by atoms with Gasteiger partial charge in [-0.15, -0.1) is 0 Å². The Morgan fingerprint density at radius 1 is 1.29 bits per heavy atom. The molecule has 5 heteroatoms. The van der Waals surface area contributed by atoms with Crippen molar-refractivity contribution in [3.8, 4) is 0 Å². The number of H-pyrrole nitrogens is 1. The van der Waals surface area contributed by atoms with Gasteiger partial charge in [-0.2, -0.15) is 0 Å². The number of hydrogen-bond acceptors (Lipinski definition) is 4. The number of aromatic amines is 1. The molecular weight excluding hydrogens is 302 g/mol. The molecule has 0 radical (unpaired) electrons. The van der Waals surface area contributed by atoms with Crippen LogP contribution in [0.2, 0.25) is 0 Å². The van der Waals surface area contributed by atoms with Crippen molar-refractivity contribution in [1.29, 1.82) is 0 Å². The summed E-state index contributed by atoms with van der Waals surface area (Å²) < 4.78 is 5.65. The van der Waals surface area contributed by atoms with Gasteiger partial charge in [0.1, 0.15) is 11.6 Å². The van der Waals surface area contributed by atoms with Crippen molar-refractivity contribution in [1.82, 2.24) is 14.9 Å². The molecule has 1 aromatic carbocycles. The number of rotatable bonds is 3. The van der Waals surface area contributed by atoms with Gasteiger partial charge in [0, 0.05) is 0 Å². The highest BCUT2D eigenvalue weighted by atomic mass is 16.3. The lowest BCUT2D eigenvalue weighted by Gasteiger charge is -2.37. The third-order valence-electron chi connectivity index (χ3n) is 4.86. The molecule has 0 spiro atoms. The van der Waals surface area contributed by atoms with Gasteiger partial charge in [0.05, 0.1) is 29.8 Å². The molecule has 0 bridgehead atoms. The van der Waals surface area contributed by atoms with Crippen molar-refractivity contribution in [2.45, 2.75) is 32.4 Å². The van der Waals surface area contributed by atoms with Crippen LogP contribution in [-0.4, -0.2) is 21.4 Å². The predicted octanol–water partition coefficient (Wildman–Crippen LogP) is 3.49. The summed E-state index contributed by atoms with van der Waals surface area (Å²) in [4.78, 5) is 22.2. The Balaban J connectivity index is 1.64. The van der Waals surface area contributed by atoms with Crippen molar-refractivity contribution >= 4 is 10.9 Å². The van der Waals surface area contributed by atoms with Crippen LogP contribution in [0.3, 0.4) is 0 Å². The van der Waals surface area contributed by atoms with Crippen LogP contribution in [0.15, 0.2) is 51.9 Å². The molecule has 0 saturated carbocycles. The molecule has 4 rings (SSSR count). The molecule has 5 nitrogen and oxygen atoms in total. The van der Waals surface area contributed by atoms with Crippen molar-refractivity contribution < 1.29 is 4.42 Å². The number of nitrogens with zero attached hydrogens (tertiary/aromatic N) is 2. The summed E-state index contributed by atoms with van der Waals surface area (Å²) in [5.74, 6) is 2.37. The normalized spacial score (nSPS) is 22.0. The van der Waals surface area contributed by atoms with Gasteiger partial charge in [0.2, 0.25) is 0 Å². The number of furan rings is 1. The third-order valence-corrected chi connectivity index (χ3v) is 4.86. The maximum absolute atomic E-state index is 12.3. The summed E-state index contributed by atoms with van der Waals surface area (Å²) in [6.07, 6.45) is 3.93. The van der Waals surface area contributed by atoms with E-state index in [0.29, 0.717) is 23.7 Å². The van der Waals surface area contributed by atoms with Crippen LogP contribution in [-0.2, 0) is 6.54 Å². The molecule has 3 aromatic rings. The molecule has 0 unspecified atom stereocenters. The SMILES string of the molecule is C[C@@H]1CCN(Cc2nc3ccccc3c(=O)[nH]2)[C@@H](c2ccco2)C1. The average Bonchev–Trinajstić information content (AvgIpc) is 3.11. The van der Waals surface area contributed by atoms with E-state index in [1.54, 1.807) is 12.3 Å². The second-order valence-corrected chi connectivity index (χ2v) is 6.66. The topological polar surface area (TPSA) is 62.1 Å². The van der Waals surface area contributed by atoms with Crippen LogP contribution >= 0.6 is 0 Å². The predicted molar refractivity (Wildman–Crippen MR) is 92.6 cm³/mol. The minimum absolute atomic E-state index is 0.0736. The van der Waals surface area contributed by atoms with Crippen molar-refractivity contribution in [2.24, 2.45) is 5.92 Å². The fraction of sp³-hybridized carbons (Fsp3) is 0.368. The largest absolute Gasteiger partial charge is 0.468 e. The fourth-order valence-corrected chi connectivity index (χ4v) is 3.56. The maximum Gasteiger partial charge on any atom is 0.258 e. The van der Waals surface area contributed by atoms with E-state index in [4.69, 9.17) is 4.42 Å². The molecule has 2 aromatic heterocycles. The van der Waals surface area contributed by atoms with Crippen LogP contribution in [0, 0.1) is 5.92 Å². The molecule has 24 heavy (non-hydrogen) atoms. The Labute approximate surface area is 140 Å². The third kappa shape index (κ3) is 2.87. The number of fused-ring (bicyclic) bond motifs is 1. The Kier molecular flexibility index (Phi) is 3.94. The van der Waals surface area contributed by atoms with E-state index >= 15 is 0 Å². The average molecular weight is 323 g/mol. The quantitative estimate of drug-likeness (QED) is 0.801. The first-order valence-corrected chi connectivity index (χ1v) is 8.46. The van der Waals surface area contributed by atoms with Crippen molar-refractivity contribution in [3.05, 3.63) is 64.6 Å². The van der Waals surface area contributed by atoms with E-state index in [9.17, 15) is 4.79 Å². The molecule has 0 aliphatic carbocycles. The summed E-state index contributed by atoms with van der Waals surface area (Å²) in [5, 5.41) is 0.635. The molecule has 1 saturated heterocycles. The molecule has 0 amide bonds. The van der Waals surface area contributed by atoms with Crippen LogP contribution in [0.25, 0.3) is 10.9 Å². The molecule has 124 valence electrons. The molecule has 2 atom stereocenters. The maximum atomic E-state index is 12.3. The van der Waals surface area contributed by atoms with Crippen LogP contribution in [0.5, 0.6) is 0 Å². The van der Waals surface area contributed by atoms with Gasteiger partial charge in [-0.05, 0) is 49.6 Å². The highest BCUT2D eigenvalue weighted by Gasteiger charge is 2.30. The van der Waals surface area contributed by atoms with Gasteiger partial charge >= 0.3 is 0 Å². The van der Waals surface area contributed by atoms with Gasteiger partial charge in [0.25, 0.3) is 5.56 Å². The number of benzene rings is 1. The Morgan fingerprint density at radius 3 is 3.00 bits per heavy atom. The zero-order valence-electron chi connectivity index (χ0n) is 13.7. The van der Waals surface area contributed by atoms with E-state index in [2.05, 4.69) is 21.8 Å². The zero-order valence-corrected chi connectivity index (χ0v) is 13.7. The second kappa shape index (κ2) is 6.24. The number of aromatic nitrogens is 2. The standard InChI is InChI=1S/C19H21N3O2/c1-13-8-9-22(16(11-13)17-7-4-10-24-17)12-18-20-15-6-3-2-5-14(15)19(23)21-18/h2-7,10,13,16H,8-9,11-12H2,1H3,(H,20,21,23)/t13-,16-/m1/s1. The first-order chi connectivity index (χ1) is 11.7. The molecular formula is C19H21N3O2. The van der Waals surface area contributed by atoms with E-state index in [1.165, 1.54) is 0 Å². The van der Waals surface area contributed by atoms with Crippen LogP contribution in [0.4, 0.5) is 0 Å². The number of likely N-dealkylation sites (tertiary alicyclic amines) is 1. The summed E-state index contributed by atoms with van der Waals surface area (Å²) in [6.45, 7) is 3.88. The highest BCUT2D eigenvalue weighted by molar-refractivity contribution is 5.77. The summed E-state index contributed by atoms with van der Waals surface area (Å²) >= 11 is 0. The molecule has 1 N–H and O–H groups in total. The number of nitrogens with one attached hydrogen (secondary N) is 1. The fourth-order valence-electron chi connectivity index (χ4n) is 3.56. The highest BCUT2D eigenvalue weighted by Crippen LogP contribution is 2.34. The Morgan fingerprint density at radius 2 is 2.17 bits per heavy atom. The molecule has 3 heterocycles. The van der Waals surface area contributed by atoms with Crippen molar-refractivity contribution in [2.75, 3.05) is 6.54 Å². The lowest BCUT2D eigenvalue weighted by atomic mass is 9.91. The molecule has 1 fully saturated rings. The van der Waals surface area contributed by atoms with E-state index in [1.807, 2.05) is 30.3 Å². The summed E-state index contributed by atoms with van der Waals surface area (Å²) in [7, 11) is 0. The number of piperidine rings is 1. The van der Waals surface area contributed by atoms with Gasteiger partial charge < -0.3 is 9.40 Å². The van der Waals surface area contributed by atoms with Crippen LogP contribution in [0.1, 0.15) is 37.4 Å². The van der Waals surface area contributed by atoms with E-state index in [-0.39, 0.29) is 11.6 Å². The van der Waals surface area contributed by atoms with Gasteiger partial charge in [-0.1, -0.05) is 19.1 Å². The Hall–Kier alpha value is -2.40. The molecule has 1 aliphatic heterocycles. The molecule has 1 aliphatic rings. The first-order valence-electron chi connectivity index (χ1n) is 8.46. The van der Waals surface area contributed by atoms with Gasteiger partial charge in [-0.25, -0.2) is 4.98 Å². The van der Waals surface area contributed by atoms with E-state index < -0.39 is 0 Å². The number of para-hydroxylation sites is 1. The number of hydrogen-bond donors (Lipinski definition) is 1. The van der Waals surface area contributed by atoms with E-state index in [0.717, 1.165) is 30.7 Å². The lowest BCUT2D eigenvalue weighted by molar-refractivity contribution is 0.0918. The summed E-state index contributed by atoms with van der Waals surface area (Å²) in [6, 6.07) is 11.7. The van der Waals surface area contributed by atoms with Gasteiger partial charge in [0.15, 0.2) is 0 Å². The lowest BCUT2D eigenvalue weighted by Crippen LogP contribution is -2.36. The minimum atomic E-state index is -0.0736. The van der Waals surface area contributed by atoms with Crippen molar-refractivity contribution in [3.63, 3.8) is 0 Å². The second-order valence-electron chi connectivity index (χ2n) is 6.66. The first kappa shape index (κ1) is 15.1. The van der Waals surface area contributed by atoms with Crippen LogP contribution < -0.4 is 5.56 Å².